The van der Waals surface area contributed by atoms with Gasteiger partial charge in [-0.05, 0) is 56.2 Å². The molecule has 0 aliphatic heterocycles. The lowest BCUT2D eigenvalue weighted by atomic mass is 10.0. The molecule has 4 rings (SSSR count). The van der Waals surface area contributed by atoms with Gasteiger partial charge in [0.1, 0.15) is 5.75 Å². The zero-order chi connectivity index (χ0) is 21.3. The van der Waals surface area contributed by atoms with Crippen LogP contribution < -0.4 is 4.74 Å². The van der Waals surface area contributed by atoms with E-state index in [1.54, 1.807) is 32.9 Å². The van der Waals surface area contributed by atoms with Crippen LogP contribution in [0.2, 0.25) is 0 Å². The molecule has 30 heavy (non-hydrogen) atoms. The number of carbonyl (C=O) groups excluding carboxylic acids is 2. The second kappa shape index (κ2) is 7.95. The second-order valence-corrected chi connectivity index (χ2v) is 7.07. The van der Waals surface area contributed by atoms with E-state index in [4.69, 9.17) is 9.47 Å². The fraction of sp³-hybridized carbons (Fsp3) is 0.160. The number of aryl methyl sites for hydroxylation is 2. The number of hydrogen-bond donors (Lipinski definition) is 0. The van der Waals surface area contributed by atoms with Gasteiger partial charge in [-0.1, -0.05) is 36.4 Å². The minimum atomic E-state index is -0.458. The summed E-state index contributed by atoms with van der Waals surface area (Å²) < 4.78 is 10.9. The molecule has 0 unspecified atom stereocenters. The molecular weight excluding hydrogens is 378 g/mol. The first-order valence-electron chi connectivity index (χ1n) is 9.77. The number of para-hydroxylation sites is 2. The maximum Gasteiger partial charge on any atom is 0.344 e. The van der Waals surface area contributed by atoms with Gasteiger partial charge in [0.25, 0.3) is 0 Å². The van der Waals surface area contributed by atoms with Crippen LogP contribution in [0, 0.1) is 13.8 Å². The Balaban J connectivity index is 1.79. The number of esters is 2. The Bertz CT molecular complexity index is 1220. The maximum atomic E-state index is 13.3. The number of hydrogen-bond acceptors (Lipinski definition) is 5. The summed E-state index contributed by atoms with van der Waals surface area (Å²) in [5.74, 6) is -0.411. The van der Waals surface area contributed by atoms with E-state index in [1.165, 1.54) is 0 Å². The molecule has 0 fully saturated rings. The molecular formula is C25H21NO4. The topological polar surface area (TPSA) is 65.5 Å². The Hall–Kier alpha value is -3.73. The summed E-state index contributed by atoms with van der Waals surface area (Å²) in [5.41, 5.74) is 3.75. The lowest BCUT2D eigenvalue weighted by molar-refractivity contribution is 0.0526. The number of nitrogens with zero attached hydrogens (tertiary/aromatic N) is 1. The van der Waals surface area contributed by atoms with Crippen LogP contribution >= 0.6 is 0 Å². The minimum absolute atomic E-state index is 0.301. The zero-order valence-corrected chi connectivity index (χ0v) is 17.1. The van der Waals surface area contributed by atoms with Gasteiger partial charge >= 0.3 is 11.9 Å². The molecule has 0 atom stereocenters. The summed E-state index contributed by atoms with van der Waals surface area (Å²) in [6.45, 7) is 5.68. The monoisotopic (exact) mass is 399 g/mol. The van der Waals surface area contributed by atoms with E-state index in [0.29, 0.717) is 34.6 Å². The normalized spacial score (nSPS) is 10.9. The lowest BCUT2D eigenvalue weighted by Gasteiger charge is -2.14. The molecule has 0 spiro atoms. The van der Waals surface area contributed by atoms with Crippen molar-refractivity contribution in [1.29, 1.82) is 0 Å². The number of ether oxygens (including phenoxy) is 2. The van der Waals surface area contributed by atoms with Gasteiger partial charge in [-0.25, -0.2) is 14.6 Å². The van der Waals surface area contributed by atoms with E-state index in [-0.39, 0.29) is 0 Å². The molecule has 0 bridgehead atoms. The number of rotatable bonds is 4. The summed E-state index contributed by atoms with van der Waals surface area (Å²) in [6, 6.07) is 18.4. The Morgan fingerprint density at radius 2 is 1.37 bits per heavy atom. The van der Waals surface area contributed by atoms with Crippen molar-refractivity contribution < 1.29 is 19.1 Å². The third-order valence-corrected chi connectivity index (χ3v) is 4.96. The SMILES string of the molecule is CCOC(=O)c1cc(C)c(OC(=O)c2c3ccccc3nc3ccccc23)c(C)c1. The van der Waals surface area contributed by atoms with Crippen LogP contribution in [0.4, 0.5) is 0 Å². The van der Waals surface area contributed by atoms with Gasteiger partial charge in [0.05, 0.1) is 28.8 Å². The van der Waals surface area contributed by atoms with Crippen molar-refractivity contribution in [2.24, 2.45) is 0 Å². The smallest absolute Gasteiger partial charge is 0.344 e. The molecule has 0 amide bonds. The summed E-state index contributed by atoms with van der Waals surface area (Å²) in [7, 11) is 0. The first-order valence-corrected chi connectivity index (χ1v) is 9.77. The quantitative estimate of drug-likeness (QED) is 0.261. The van der Waals surface area contributed by atoms with Crippen LogP contribution in [0.25, 0.3) is 21.8 Å². The minimum Gasteiger partial charge on any atom is -0.462 e. The fourth-order valence-corrected chi connectivity index (χ4v) is 3.65. The Morgan fingerprint density at radius 3 is 1.90 bits per heavy atom. The molecule has 0 radical (unpaired) electrons. The van der Waals surface area contributed by atoms with Crippen LogP contribution in [0.5, 0.6) is 5.75 Å². The molecule has 150 valence electrons. The number of pyridine rings is 1. The van der Waals surface area contributed by atoms with Crippen LogP contribution in [0.15, 0.2) is 60.7 Å². The van der Waals surface area contributed by atoms with Gasteiger partial charge in [-0.2, -0.15) is 0 Å². The predicted octanol–water partition coefficient (Wildman–Crippen LogP) is 5.40. The average Bonchev–Trinajstić information content (AvgIpc) is 2.74. The van der Waals surface area contributed by atoms with Crippen LogP contribution in [-0.4, -0.2) is 23.5 Å². The summed E-state index contributed by atoms with van der Waals surface area (Å²) >= 11 is 0. The average molecular weight is 399 g/mol. The predicted molar refractivity (Wildman–Crippen MR) is 116 cm³/mol. The van der Waals surface area contributed by atoms with Gasteiger partial charge in [0.2, 0.25) is 0 Å². The number of fused-ring (bicyclic) bond motifs is 2. The second-order valence-electron chi connectivity index (χ2n) is 7.07. The Labute approximate surface area is 174 Å². The van der Waals surface area contributed by atoms with E-state index >= 15 is 0 Å². The number of benzene rings is 3. The van der Waals surface area contributed by atoms with E-state index in [0.717, 1.165) is 21.8 Å². The maximum absolute atomic E-state index is 13.3. The van der Waals surface area contributed by atoms with Crippen molar-refractivity contribution in [2.45, 2.75) is 20.8 Å². The highest BCUT2D eigenvalue weighted by Crippen LogP contribution is 2.30. The highest BCUT2D eigenvalue weighted by atomic mass is 16.5. The molecule has 1 heterocycles. The lowest BCUT2D eigenvalue weighted by Crippen LogP contribution is -2.13. The van der Waals surface area contributed by atoms with Crippen molar-refractivity contribution >= 4 is 33.7 Å². The summed E-state index contributed by atoms with van der Waals surface area (Å²) in [4.78, 5) is 30.0. The van der Waals surface area contributed by atoms with E-state index in [2.05, 4.69) is 4.98 Å². The largest absolute Gasteiger partial charge is 0.462 e. The van der Waals surface area contributed by atoms with Crippen LogP contribution in [0.3, 0.4) is 0 Å². The van der Waals surface area contributed by atoms with Crippen molar-refractivity contribution in [2.75, 3.05) is 6.61 Å². The summed E-state index contributed by atoms with van der Waals surface area (Å²) in [5, 5.41) is 1.47. The molecule has 0 N–H and O–H groups in total. The highest BCUT2D eigenvalue weighted by Gasteiger charge is 2.20. The van der Waals surface area contributed by atoms with Gasteiger partial charge in [0.15, 0.2) is 0 Å². The first-order chi connectivity index (χ1) is 14.5. The van der Waals surface area contributed by atoms with E-state index < -0.39 is 11.9 Å². The zero-order valence-electron chi connectivity index (χ0n) is 17.1. The van der Waals surface area contributed by atoms with Crippen molar-refractivity contribution in [3.8, 4) is 5.75 Å². The van der Waals surface area contributed by atoms with E-state index in [9.17, 15) is 9.59 Å². The number of carbonyl (C=O) groups is 2. The highest BCUT2D eigenvalue weighted by molar-refractivity contribution is 6.14. The third-order valence-electron chi connectivity index (χ3n) is 4.96. The van der Waals surface area contributed by atoms with E-state index in [1.807, 2.05) is 48.5 Å². The van der Waals surface area contributed by atoms with Crippen LogP contribution in [0.1, 0.15) is 38.8 Å². The van der Waals surface area contributed by atoms with Crippen molar-refractivity contribution in [3.63, 3.8) is 0 Å². The van der Waals surface area contributed by atoms with Gasteiger partial charge in [0, 0.05) is 10.8 Å². The molecule has 3 aromatic carbocycles. The van der Waals surface area contributed by atoms with Crippen molar-refractivity contribution in [1.82, 2.24) is 4.98 Å². The van der Waals surface area contributed by atoms with Gasteiger partial charge in [-0.3, -0.25) is 0 Å². The molecule has 0 aliphatic rings. The van der Waals surface area contributed by atoms with Crippen LogP contribution in [-0.2, 0) is 4.74 Å². The fourth-order valence-electron chi connectivity index (χ4n) is 3.65. The molecule has 0 aliphatic carbocycles. The standard InChI is InChI=1S/C25H21NO4/c1-4-29-24(27)17-13-15(2)23(16(3)14-17)30-25(28)22-18-9-5-7-11-20(18)26-21-12-8-6-10-19(21)22/h5-14H,4H2,1-3H3. The molecule has 5 nitrogen and oxygen atoms in total. The molecule has 0 saturated heterocycles. The summed E-state index contributed by atoms with van der Waals surface area (Å²) in [6.07, 6.45) is 0. The molecule has 1 aromatic heterocycles. The van der Waals surface area contributed by atoms with Gasteiger partial charge < -0.3 is 9.47 Å². The molecule has 5 heteroatoms. The van der Waals surface area contributed by atoms with Gasteiger partial charge in [-0.15, -0.1) is 0 Å². The first kappa shape index (κ1) is 19.6. The Kier molecular flexibility index (Phi) is 5.19. The van der Waals surface area contributed by atoms with Crippen molar-refractivity contribution in [3.05, 3.63) is 82.9 Å². The number of aromatic nitrogens is 1. The molecule has 4 aromatic rings. The third kappa shape index (κ3) is 3.50. The Morgan fingerprint density at radius 1 is 0.833 bits per heavy atom. The molecule has 0 saturated carbocycles.